The van der Waals surface area contributed by atoms with Crippen LogP contribution in [-0.4, -0.2) is 26.6 Å². The number of sulfonamides is 1. The van der Waals surface area contributed by atoms with Crippen molar-refractivity contribution >= 4 is 44.8 Å². The lowest BCUT2D eigenvalue weighted by Gasteiger charge is -2.29. The number of carbonyl (C=O) groups excluding carboxylic acids is 1. The highest BCUT2D eigenvalue weighted by molar-refractivity contribution is 7.92. The molecule has 0 saturated heterocycles. The molecule has 0 aromatic heterocycles. The maximum atomic E-state index is 12.7. The Morgan fingerprint density at radius 1 is 1.04 bits per heavy atom. The van der Waals surface area contributed by atoms with Crippen LogP contribution in [0.1, 0.15) is 31.0 Å². The van der Waals surface area contributed by atoms with E-state index < -0.39 is 22.0 Å². The third kappa shape index (κ3) is 5.37. The Balaban J connectivity index is 2.26. The number of amides is 1. The molecule has 0 aliphatic carbocycles. The van der Waals surface area contributed by atoms with E-state index in [2.05, 4.69) is 5.32 Å². The summed E-state index contributed by atoms with van der Waals surface area (Å²) in [5.74, 6) is -0.417. The summed E-state index contributed by atoms with van der Waals surface area (Å²) in [6.45, 7) is 5.36. The molecular formula is C19H22Cl2N2O3S. The van der Waals surface area contributed by atoms with Gasteiger partial charge in [0.25, 0.3) is 0 Å². The first-order valence-electron chi connectivity index (χ1n) is 8.32. The zero-order valence-electron chi connectivity index (χ0n) is 15.5. The molecule has 27 heavy (non-hydrogen) atoms. The molecule has 0 radical (unpaired) electrons. The number of hydrogen-bond acceptors (Lipinski definition) is 3. The highest BCUT2D eigenvalue weighted by Gasteiger charge is 2.30. The van der Waals surface area contributed by atoms with Gasteiger partial charge in [0.15, 0.2) is 0 Å². The van der Waals surface area contributed by atoms with Crippen LogP contribution >= 0.6 is 23.2 Å². The average Bonchev–Trinajstić information content (AvgIpc) is 2.57. The van der Waals surface area contributed by atoms with E-state index >= 15 is 0 Å². The van der Waals surface area contributed by atoms with E-state index in [9.17, 15) is 13.2 Å². The van der Waals surface area contributed by atoms with E-state index in [0.29, 0.717) is 5.02 Å². The number of rotatable bonds is 6. The van der Waals surface area contributed by atoms with E-state index in [0.717, 1.165) is 21.7 Å². The van der Waals surface area contributed by atoms with Gasteiger partial charge in [0, 0.05) is 0 Å². The molecule has 2 aromatic rings. The topological polar surface area (TPSA) is 66.5 Å². The van der Waals surface area contributed by atoms with Gasteiger partial charge in [-0.15, -0.1) is 0 Å². The molecule has 1 amide bonds. The minimum absolute atomic E-state index is 0.212. The molecule has 0 heterocycles. The van der Waals surface area contributed by atoms with Gasteiger partial charge in [-0.3, -0.25) is 9.10 Å². The lowest BCUT2D eigenvalue weighted by atomic mass is 10.1. The Labute approximate surface area is 170 Å². The Morgan fingerprint density at radius 2 is 1.63 bits per heavy atom. The second-order valence-corrected chi connectivity index (χ2v) is 9.15. The van der Waals surface area contributed by atoms with Crippen molar-refractivity contribution in [1.29, 1.82) is 0 Å². The summed E-state index contributed by atoms with van der Waals surface area (Å²) in [4.78, 5) is 12.7. The van der Waals surface area contributed by atoms with Gasteiger partial charge in [-0.2, -0.15) is 0 Å². The van der Waals surface area contributed by atoms with Crippen LogP contribution in [0, 0.1) is 6.92 Å². The monoisotopic (exact) mass is 428 g/mol. The number of nitrogens with one attached hydrogen (secondary N) is 1. The summed E-state index contributed by atoms with van der Waals surface area (Å²) >= 11 is 11.9. The molecule has 0 unspecified atom stereocenters. The molecule has 2 aromatic carbocycles. The van der Waals surface area contributed by atoms with E-state index in [1.165, 1.54) is 25.1 Å². The second kappa shape index (κ2) is 8.50. The largest absolute Gasteiger partial charge is 0.348 e. The molecule has 0 bridgehead atoms. The van der Waals surface area contributed by atoms with E-state index in [-0.39, 0.29) is 16.8 Å². The highest BCUT2D eigenvalue weighted by Crippen LogP contribution is 2.29. The molecule has 0 spiro atoms. The van der Waals surface area contributed by atoms with Gasteiger partial charge >= 0.3 is 0 Å². The van der Waals surface area contributed by atoms with Crippen LogP contribution < -0.4 is 9.62 Å². The van der Waals surface area contributed by atoms with Crippen molar-refractivity contribution in [3.05, 3.63) is 63.6 Å². The molecule has 2 rings (SSSR count). The van der Waals surface area contributed by atoms with Gasteiger partial charge < -0.3 is 5.32 Å². The summed E-state index contributed by atoms with van der Waals surface area (Å²) in [5, 5.41) is 3.38. The maximum Gasteiger partial charge on any atom is 0.244 e. The fraction of sp³-hybridized carbons (Fsp3) is 0.316. The number of aryl methyl sites for hydroxylation is 1. The molecule has 0 fully saturated rings. The van der Waals surface area contributed by atoms with Crippen LogP contribution in [0.5, 0.6) is 0 Å². The first-order valence-corrected chi connectivity index (χ1v) is 10.9. The van der Waals surface area contributed by atoms with Crippen LogP contribution in [0.2, 0.25) is 10.0 Å². The molecule has 0 saturated carbocycles. The Morgan fingerprint density at radius 3 is 2.15 bits per heavy atom. The summed E-state index contributed by atoms with van der Waals surface area (Å²) in [5.41, 5.74) is 2.33. The lowest BCUT2D eigenvalue weighted by molar-refractivity contribution is -0.122. The van der Waals surface area contributed by atoms with Crippen molar-refractivity contribution in [3.8, 4) is 0 Å². The van der Waals surface area contributed by atoms with Crippen molar-refractivity contribution in [2.45, 2.75) is 32.9 Å². The van der Waals surface area contributed by atoms with Gasteiger partial charge in [-0.05, 0) is 44.5 Å². The van der Waals surface area contributed by atoms with E-state index in [1.54, 1.807) is 0 Å². The predicted molar refractivity (Wildman–Crippen MR) is 111 cm³/mol. The van der Waals surface area contributed by atoms with E-state index in [1.807, 2.05) is 38.1 Å². The standard InChI is InChI=1S/C19H22Cl2N2O3S/c1-12-5-7-15(8-6-12)13(2)22-19(24)14(3)23(27(4,25)26)16-9-10-17(20)18(21)11-16/h5-11,13-14H,1-4H3,(H,22,24)/t13-,14-/m1/s1. The zero-order valence-corrected chi connectivity index (χ0v) is 17.9. The van der Waals surface area contributed by atoms with Gasteiger partial charge in [-0.25, -0.2) is 8.42 Å². The Kier molecular flexibility index (Phi) is 6.78. The van der Waals surface area contributed by atoms with Crippen LogP contribution in [0.3, 0.4) is 0 Å². The summed E-state index contributed by atoms with van der Waals surface area (Å²) in [7, 11) is -3.73. The molecule has 2 atom stereocenters. The number of carbonyl (C=O) groups is 1. The molecule has 0 aliphatic heterocycles. The van der Waals surface area contributed by atoms with Crippen LogP contribution in [0.25, 0.3) is 0 Å². The molecule has 0 aliphatic rings. The number of anilines is 1. The molecule has 1 N–H and O–H groups in total. The normalized spacial score (nSPS) is 13.7. The van der Waals surface area contributed by atoms with Gasteiger partial charge in [0.1, 0.15) is 6.04 Å². The van der Waals surface area contributed by atoms with Crippen molar-refractivity contribution in [1.82, 2.24) is 5.32 Å². The van der Waals surface area contributed by atoms with Gasteiger partial charge in [0.05, 0.1) is 28.0 Å². The number of nitrogens with zero attached hydrogens (tertiary/aromatic N) is 1. The van der Waals surface area contributed by atoms with Crippen LogP contribution in [-0.2, 0) is 14.8 Å². The van der Waals surface area contributed by atoms with Crippen molar-refractivity contribution in [2.24, 2.45) is 0 Å². The molecule has 146 valence electrons. The Hall–Kier alpha value is -1.76. The smallest absolute Gasteiger partial charge is 0.244 e. The SMILES string of the molecule is Cc1ccc([C@@H](C)NC(=O)[C@@H](C)N(c2ccc(Cl)c(Cl)c2)S(C)(=O)=O)cc1. The van der Waals surface area contributed by atoms with Gasteiger partial charge in [0.2, 0.25) is 15.9 Å². The van der Waals surface area contributed by atoms with Crippen molar-refractivity contribution in [2.75, 3.05) is 10.6 Å². The first-order chi connectivity index (χ1) is 12.5. The fourth-order valence-electron chi connectivity index (χ4n) is 2.70. The number of hydrogen-bond donors (Lipinski definition) is 1. The summed E-state index contributed by atoms with van der Waals surface area (Å²) in [6.07, 6.45) is 1.04. The van der Waals surface area contributed by atoms with Gasteiger partial charge in [-0.1, -0.05) is 53.0 Å². The molecule has 8 heteroatoms. The maximum absolute atomic E-state index is 12.7. The first kappa shape index (κ1) is 21.5. The van der Waals surface area contributed by atoms with Crippen LogP contribution in [0.15, 0.2) is 42.5 Å². The lowest BCUT2D eigenvalue weighted by Crippen LogP contribution is -2.48. The Bertz CT molecular complexity index is 930. The quantitative estimate of drug-likeness (QED) is 0.743. The van der Waals surface area contributed by atoms with Crippen LogP contribution in [0.4, 0.5) is 5.69 Å². The summed E-state index contributed by atoms with van der Waals surface area (Å²) in [6, 6.07) is 11.0. The second-order valence-electron chi connectivity index (χ2n) is 6.47. The number of halogens is 2. The minimum Gasteiger partial charge on any atom is -0.348 e. The van der Waals surface area contributed by atoms with Crippen molar-refractivity contribution < 1.29 is 13.2 Å². The zero-order chi connectivity index (χ0) is 20.4. The van der Waals surface area contributed by atoms with E-state index in [4.69, 9.17) is 23.2 Å². The summed E-state index contributed by atoms with van der Waals surface area (Å²) < 4.78 is 25.7. The highest BCUT2D eigenvalue weighted by atomic mass is 35.5. The molecule has 5 nitrogen and oxygen atoms in total. The molecular weight excluding hydrogens is 407 g/mol. The fourth-order valence-corrected chi connectivity index (χ4v) is 4.16. The third-order valence-corrected chi connectivity index (χ3v) is 6.16. The predicted octanol–water partition coefficient (Wildman–Crippen LogP) is 4.33. The minimum atomic E-state index is -3.73. The number of benzene rings is 2. The third-order valence-electron chi connectivity index (χ3n) is 4.18. The average molecular weight is 429 g/mol. The van der Waals surface area contributed by atoms with Crippen molar-refractivity contribution in [3.63, 3.8) is 0 Å².